The van der Waals surface area contributed by atoms with Gasteiger partial charge in [0.1, 0.15) is 6.54 Å². The Labute approximate surface area is 233 Å². The number of nitrogens with one attached hydrogen (secondary N) is 2. The first-order valence-corrected chi connectivity index (χ1v) is 12.3. The van der Waals surface area contributed by atoms with Crippen LogP contribution in [-0.4, -0.2) is 42.6 Å². The Kier molecular flexibility index (Phi) is 42.8. The summed E-state index contributed by atoms with van der Waals surface area (Å²) in [6, 6.07) is 0. The van der Waals surface area contributed by atoms with Gasteiger partial charge in [0.05, 0.1) is 0 Å². The van der Waals surface area contributed by atoms with Crippen LogP contribution < -0.4 is 10.6 Å². The standard InChI is InChI=1S/C26H40N2O6.4CH4/c29-23-34-22-28-25(31)20-18-16-14-12-10-8-6-4-2-1-3-5-7-9-11-13-15-17-19-24(30)27-21-26(32)33;;;;/h23H,5-22H2,(H,27,30)(H,28,31)(H,32,33);4*1H4. The van der Waals surface area contributed by atoms with Gasteiger partial charge in [-0.25, -0.2) is 0 Å². The minimum atomic E-state index is -1.02. The monoisotopic (exact) mass is 540 g/mol. The smallest absolute Gasteiger partial charge is 0.322 e. The van der Waals surface area contributed by atoms with Crippen molar-refractivity contribution in [2.24, 2.45) is 0 Å². The summed E-state index contributed by atoms with van der Waals surface area (Å²) >= 11 is 0. The van der Waals surface area contributed by atoms with E-state index in [1.54, 1.807) is 0 Å². The molecular formula is C30H56N2O6. The average molecular weight is 541 g/mol. The molecule has 3 N–H and O–H groups in total. The number of hydrogen-bond acceptors (Lipinski definition) is 5. The summed E-state index contributed by atoms with van der Waals surface area (Å²) in [5, 5.41) is 13.4. The van der Waals surface area contributed by atoms with Crippen LogP contribution in [0.3, 0.4) is 0 Å². The number of carboxylic acids is 1. The van der Waals surface area contributed by atoms with Crippen LogP contribution in [0.5, 0.6) is 0 Å². The fourth-order valence-electron chi connectivity index (χ4n) is 3.13. The van der Waals surface area contributed by atoms with Gasteiger partial charge in [-0.05, 0) is 37.5 Å². The summed E-state index contributed by atoms with van der Waals surface area (Å²) in [6.07, 6.45) is 15.0. The third kappa shape index (κ3) is 37.5. The van der Waals surface area contributed by atoms with Crippen LogP contribution >= 0.6 is 0 Å². The first-order valence-electron chi connectivity index (χ1n) is 12.3. The first kappa shape index (κ1) is 45.0. The number of unbranched alkanes of at least 4 members (excludes halogenated alkanes) is 12. The average Bonchev–Trinajstić information content (AvgIpc) is 2.81. The van der Waals surface area contributed by atoms with Crippen molar-refractivity contribution in [1.29, 1.82) is 0 Å². The predicted octanol–water partition coefficient (Wildman–Crippen LogP) is 6.23. The molecule has 0 aromatic heterocycles. The predicted molar refractivity (Wildman–Crippen MR) is 157 cm³/mol. The topological polar surface area (TPSA) is 122 Å². The molecule has 0 unspecified atom stereocenters. The van der Waals surface area contributed by atoms with Gasteiger partial charge in [-0.15, -0.1) is 0 Å². The summed E-state index contributed by atoms with van der Waals surface area (Å²) in [6.45, 7) is -0.0538. The maximum atomic E-state index is 11.4. The van der Waals surface area contributed by atoms with Gasteiger partial charge in [-0.2, -0.15) is 0 Å². The van der Waals surface area contributed by atoms with Crippen molar-refractivity contribution in [1.82, 2.24) is 10.6 Å². The van der Waals surface area contributed by atoms with E-state index in [-0.39, 0.29) is 54.8 Å². The van der Waals surface area contributed by atoms with E-state index < -0.39 is 5.97 Å². The highest BCUT2D eigenvalue weighted by Crippen LogP contribution is 2.09. The third-order valence-corrected chi connectivity index (χ3v) is 5.01. The quantitative estimate of drug-likeness (QED) is 0.0687. The normalized spacial score (nSPS) is 8.63. The van der Waals surface area contributed by atoms with Crippen LogP contribution in [0, 0.1) is 23.7 Å². The van der Waals surface area contributed by atoms with Gasteiger partial charge in [-0.1, -0.05) is 92.9 Å². The Morgan fingerprint density at radius 3 is 1.45 bits per heavy atom. The van der Waals surface area contributed by atoms with Crippen molar-refractivity contribution in [3.05, 3.63) is 0 Å². The Morgan fingerprint density at radius 1 is 0.632 bits per heavy atom. The van der Waals surface area contributed by atoms with Crippen LogP contribution in [0.2, 0.25) is 0 Å². The summed E-state index contributed by atoms with van der Waals surface area (Å²) in [7, 11) is 0. The first-order chi connectivity index (χ1) is 16.6. The molecule has 0 saturated carbocycles. The van der Waals surface area contributed by atoms with Crippen molar-refractivity contribution >= 4 is 24.3 Å². The Balaban J connectivity index is -0.000000907. The molecule has 0 aliphatic carbocycles. The minimum absolute atomic E-state index is 0. The molecule has 0 spiro atoms. The molecule has 0 bridgehead atoms. The molecule has 0 aromatic carbocycles. The lowest BCUT2D eigenvalue weighted by Gasteiger charge is -2.03. The molecule has 8 nitrogen and oxygen atoms in total. The summed E-state index contributed by atoms with van der Waals surface area (Å²) in [5.41, 5.74) is 0. The number of amides is 2. The van der Waals surface area contributed by atoms with Crippen molar-refractivity contribution in [2.45, 2.75) is 132 Å². The number of carbonyl (C=O) groups is 4. The molecule has 38 heavy (non-hydrogen) atoms. The van der Waals surface area contributed by atoms with Crippen LogP contribution in [0.1, 0.15) is 132 Å². The van der Waals surface area contributed by atoms with E-state index in [4.69, 9.17) is 5.11 Å². The fraction of sp³-hybridized carbons (Fsp3) is 0.733. The van der Waals surface area contributed by atoms with Gasteiger partial charge < -0.3 is 20.5 Å². The highest BCUT2D eigenvalue weighted by Gasteiger charge is 2.03. The van der Waals surface area contributed by atoms with Crippen molar-refractivity contribution < 1.29 is 29.0 Å². The number of aliphatic carboxylic acids is 1. The SMILES string of the molecule is C.C.C.C.O=COCNC(=O)CCCCCCCCC#CC#CCCCCCCCCC(=O)NCC(=O)O. The molecule has 0 saturated heterocycles. The number of carbonyl (C=O) groups excluding carboxylic acids is 3. The molecule has 0 radical (unpaired) electrons. The maximum absolute atomic E-state index is 11.4. The van der Waals surface area contributed by atoms with Crippen LogP contribution in [-0.2, 0) is 23.9 Å². The molecule has 0 rings (SSSR count). The lowest BCUT2D eigenvalue weighted by Crippen LogP contribution is -2.28. The Bertz CT molecular complexity index is 701. The van der Waals surface area contributed by atoms with E-state index in [0.29, 0.717) is 19.3 Å². The highest BCUT2D eigenvalue weighted by atomic mass is 16.5. The van der Waals surface area contributed by atoms with Crippen LogP contribution in [0.25, 0.3) is 0 Å². The van der Waals surface area contributed by atoms with E-state index in [9.17, 15) is 19.2 Å². The summed E-state index contributed by atoms with van der Waals surface area (Å²) < 4.78 is 4.41. The molecule has 0 aromatic rings. The Hall–Kier alpha value is -3.00. The summed E-state index contributed by atoms with van der Waals surface area (Å²) in [4.78, 5) is 43.1. The van der Waals surface area contributed by atoms with Gasteiger partial charge in [0, 0.05) is 25.7 Å². The molecule has 8 heteroatoms. The number of rotatable bonds is 21. The molecular weight excluding hydrogens is 484 g/mol. The maximum Gasteiger partial charge on any atom is 0.322 e. The zero-order chi connectivity index (χ0) is 25.1. The van der Waals surface area contributed by atoms with Crippen LogP contribution in [0.15, 0.2) is 0 Å². The molecule has 222 valence electrons. The number of ether oxygens (including phenoxy) is 1. The van der Waals surface area contributed by atoms with E-state index >= 15 is 0 Å². The molecule has 0 atom stereocenters. The van der Waals surface area contributed by atoms with E-state index in [2.05, 4.69) is 39.1 Å². The van der Waals surface area contributed by atoms with E-state index in [0.717, 1.165) is 89.9 Å². The second-order valence-corrected chi connectivity index (χ2v) is 8.02. The lowest BCUT2D eigenvalue weighted by atomic mass is 10.1. The van der Waals surface area contributed by atoms with E-state index in [1.165, 1.54) is 0 Å². The van der Waals surface area contributed by atoms with Crippen molar-refractivity contribution in [3.63, 3.8) is 0 Å². The lowest BCUT2D eigenvalue weighted by molar-refractivity contribution is -0.138. The molecule has 0 fully saturated rings. The second kappa shape index (κ2) is 36.2. The van der Waals surface area contributed by atoms with Gasteiger partial charge >= 0.3 is 5.97 Å². The highest BCUT2D eigenvalue weighted by molar-refractivity contribution is 5.81. The number of hydrogen-bond donors (Lipinski definition) is 3. The summed E-state index contributed by atoms with van der Waals surface area (Å²) in [5.74, 6) is 10.7. The van der Waals surface area contributed by atoms with Gasteiger partial charge in [0.2, 0.25) is 11.8 Å². The van der Waals surface area contributed by atoms with Crippen molar-refractivity contribution in [3.8, 4) is 23.7 Å². The number of carboxylic acid groups (broad SMARTS) is 1. The molecule has 0 heterocycles. The van der Waals surface area contributed by atoms with Gasteiger partial charge in [0.25, 0.3) is 6.47 Å². The molecule has 2 amide bonds. The van der Waals surface area contributed by atoms with Crippen molar-refractivity contribution in [2.75, 3.05) is 13.3 Å². The van der Waals surface area contributed by atoms with E-state index in [1.807, 2.05) is 0 Å². The van der Waals surface area contributed by atoms with Crippen LogP contribution in [0.4, 0.5) is 0 Å². The minimum Gasteiger partial charge on any atom is -0.480 e. The van der Waals surface area contributed by atoms with Gasteiger partial charge in [-0.3, -0.25) is 19.2 Å². The third-order valence-electron chi connectivity index (χ3n) is 5.01. The largest absolute Gasteiger partial charge is 0.480 e. The second-order valence-electron chi connectivity index (χ2n) is 8.02. The Morgan fingerprint density at radius 2 is 1.03 bits per heavy atom. The zero-order valence-corrected chi connectivity index (χ0v) is 20.3. The fourth-order valence-corrected chi connectivity index (χ4v) is 3.13. The zero-order valence-electron chi connectivity index (χ0n) is 20.3. The molecule has 0 aliphatic heterocycles. The molecule has 0 aliphatic rings. The van der Waals surface area contributed by atoms with Gasteiger partial charge in [0.15, 0.2) is 6.73 Å².